The fraction of sp³-hybridized carbons (Fsp3) is 0.318. The van der Waals surface area contributed by atoms with Crippen LogP contribution in [0.5, 0.6) is 11.5 Å². The molecule has 3 amide bonds. The van der Waals surface area contributed by atoms with Crippen LogP contribution in [0, 0.1) is 13.8 Å². The topological polar surface area (TPSA) is 88.2 Å². The molecule has 0 unspecified atom stereocenters. The van der Waals surface area contributed by atoms with Crippen molar-refractivity contribution in [3.63, 3.8) is 0 Å². The van der Waals surface area contributed by atoms with Gasteiger partial charge in [0.05, 0.1) is 14.2 Å². The minimum Gasteiger partial charge on any atom is -0.493 e. The lowest BCUT2D eigenvalue weighted by Gasteiger charge is -2.33. The van der Waals surface area contributed by atoms with Crippen molar-refractivity contribution in [2.75, 3.05) is 44.1 Å². The number of rotatable bonds is 6. The minimum atomic E-state index is -0.692. The highest BCUT2D eigenvalue weighted by molar-refractivity contribution is 6.41. The van der Waals surface area contributed by atoms with Crippen molar-refractivity contribution in [1.82, 2.24) is 4.90 Å². The van der Waals surface area contributed by atoms with Gasteiger partial charge in [-0.3, -0.25) is 14.4 Å². The molecular weight excluding hydrogens is 386 g/mol. The van der Waals surface area contributed by atoms with Gasteiger partial charge < -0.3 is 24.6 Å². The summed E-state index contributed by atoms with van der Waals surface area (Å²) in [6.07, 6.45) is 0. The first-order valence-corrected chi connectivity index (χ1v) is 9.53. The minimum absolute atomic E-state index is 0.209. The Morgan fingerprint density at radius 3 is 2.23 bits per heavy atom. The zero-order chi connectivity index (χ0) is 21.8. The number of ether oxygens (including phenoxy) is 2. The maximum absolute atomic E-state index is 12.6. The largest absolute Gasteiger partial charge is 0.493 e. The Labute approximate surface area is 175 Å². The van der Waals surface area contributed by atoms with E-state index in [1.54, 1.807) is 18.2 Å². The molecule has 0 saturated carbocycles. The molecule has 1 fully saturated rings. The molecule has 0 spiro atoms. The van der Waals surface area contributed by atoms with Crippen LogP contribution in [0.15, 0.2) is 36.4 Å². The number of amides is 3. The lowest BCUT2D eigenvalue weighted by atomic mass is 10.1. The van der Waals surface area contributed by atoms with E-state index in [0.717, 1.165) is 11.1 Å². The number of methoxy groups -OCH3 is 2. The smallest absolute Gasteiger partial charge is 0.316 e. The number of benzene rings is 2. The molecule has 158 valence electrons. The van der Waals surface area contributed by atoms with Crippen molar-refractivity contribution in [1.29, 1.82) is 0 Å². The zero-order valence-electron chi connectivity index (χ0n) is 17.5. The van der Waals surface area contributed by atoms with E-state index in [4.69, 9.17) is 9.47 Å². The summed E-state index contributed by atoms with van der Waals surface area (Å²) in [5.74, 6) is -0.710. The summed E-state index contributed by atoms with van der Waals surface area (Å²) in [7, 11) is 3.03. The molecule has 0 atom stereocenters. The summed E-state index contributed by atoms with van der Waals surface area (Å²) < 4.78 is 10.4. The summed E-state index contributed by atoms with van der Waals surface area (Å²) in [5.41, 5.74) is 3.23. The van der Waals surface area contributed by atoms with Gasteiger partial charge in [0, 0.05) is 30.5 Å². The van der Waals surface area contributed by atoms with E-state index in [9.17, 15) is 14.4 Å². The van der Waals surface area contributed by atoms with Gasteiger partial charge in [-0.15, -0.1) is 0 Å². The highest BCUT2D eigenvalue weighted by atomic mass is 16.5. The van der Waals surface area contributed by atoms with Gasteiger partial charge in [0.15, 0.2) is 11.5 Å². The Morgan fingerprint density at radius 2 is 1.60 bits per heavy atom. The van der Waals surface area contributed by atoms with Crippen LogP contribution >= 0.6 is 0 Å². The van der Waals surface area contributed by atoms with Gasteiger partial charge >= 0.3 is 11.8 Å². The number of hydrogen-bond donors (Lipinski definition) is 1. The number of carbonyl (C=O) groups is 3. The van der Waals surface area contributed by atoms with E-state index in [1.807, 2.05) is 32.0 Å². The molecule has 1 N–H and O–H groups in total. The van der Waals surface area contributed by atoms with Gasteiger partial charge in [-0.2, -0.15) is 0 Å². The van der Waals surface area contributed by atoms with Crippen LogP contribution in [0.1, 0.15) is 11.1 Å². The lowest BCUT2D eigenvalue weighted by Crippen LogP contribution is -2.56. The first-order valence-electron chi connectivity index (χ1n) is 9.53. The average Bonchev–Trinajstić information content (AvgIpc) is 2.70. The predicted molar refractivity (Wildman–Crippen MR) is 113 cm³/mol. The maximum Gasteiger partial charge on any atom is 0.316 e. The molecule has 2 aromatic carbocycles. The van der Waals surface area contributed by atoms with Crippen LogP contribution in [0.3, 0.4) is 0 Å². The summed E-state index contributed by atoms with van der Waals surface area (Å²) in [6, 6.07) is 10.7. The first kappa shape index (κ1) is 21.2. The van der Waals surface area contributed by atoms with Crippen molar-refractivity contribution >= 4 is 29.1 Å². The molecular formula is C22H25N3O5. The molecule has 3 rings (SSSR count). The summed E-state index contributed by atoms with van der Waals surface area (Å²) in [4.78, 5) is 40.3. The lowest BCUT2D eigenvalue weighted by molar-refractivity contribution is -0.147. The quantitative estimate of drug-likeness (QED) is 0.736. The molecule has 0 bridgehead atoms. The van der Waals surface area contributed by atoms with Gasteiger partial charge in [0.2, 0.25) is 5.91 Å². The Kier molecular flexibility index (Phi) is 6.25. The van der Waals surface area contributed by atoms with Crippen molar-refractivity contribution in [2.24, 2.45) is 0 Å². The number of nitrogens with zero attached hydrogens (tertiary/aromatic N) is 2. The second kappa shape index (κ2) is 8.86. The molecule has 2 aromatic rings. The van der Waals surface area contributed by atoms with Crippen LogP contribution in [0.4, 0.5) is 11.4 Å². The van der Waals surface area contributed by atoms with Crippen LogP contribution in [0.2, 0.25) is 0 Å². The van der Waals surface area contributed by atoms with Crippen LogP contribution in [0.25, 0.3) is 0 Å². The molecule has 1 heterocycles. The van der Waals surface area contributed by atoms with Crippen molar-refractivity contribution in [2.45, 2.75) is 13.8 Å². The number of carbonyl (C=O) groups excluding carboxylic acids is 3. The fourth-order valence-electron chi connectivity index (χ4n) is 3.47. The molecule has 0 aliphatic carbocycles. The monoisotopic (exact) mass is 411 g/mol. The summed E-state index contributed by atoms with van der Waals surface area (Å²) in [6.45, 7) is 4.28. The highest BCUT2D eigenvalue weighted by Crippen LogP contribution is 2.29. The van der Waals surface area contributed by atoms with Crippen molar-refractivity contribution in [3.8, 4) is 11.5 Å². The van der Waals surface area contributed by atoms with E-state index in [-0.39, 0.29) is 13.1 Å². The summed E-state index contributed by atoms with van der Waals surface area (Å²) in [5, 5.41) is 2.72. The standard InChI is InChI=1S/C22H25N3O5/c1-14-9-15(2)11-17(10-14)25-8-7-24(21(27)22(25)28)13-20(26)23-16-5-6-18(29-3)19(12-16)30-4/h5-6,9-12H,7-8,13H2,1-4H3,(H,23,26). The number of nitrogens with one attached hydrogen (secondary N) is 1. The van der Waals surface area contributed by atoms with E-state index in [0.29, 0.717) is 29.4 Å². The fourth-order valence-corrected chi connectivity index (χ4v) is 3.47. The van der Waals surface area contributed by atoms with Crippen molar-refractivity contribution in [3.05, 3.63) is 47.5 Å². The maximum atomic E-state index is 12.6. The Balaban J connectivity index is 1.65. The normalized spacial score (nSPS) is 14.0. The molecule has 0 aromatic heterocycles. The molecule has 1 aliphatic heterocycles. The third-order valence-electron chi connectivity index (χ3n) is 4.83. The molecule has 8 heteroatoms. The third-order valence-corrected chi connectivity index (χ3v) is 4.83. The van der Waals surface area contributed by atoms with Gasteiger partial charge in [0.25, 0.3) is 0 Å². The molecule has 8 nitrogen and oxygen atoms in total. The van der Waals surface area contributed by atoms with E-state index >= 15 is 0 Å². The Hall–Kier alpha value is -3.55. The second-order valence-electron chi connectivity index (χ2n) is 7.15. The zero-order valence-corrected chi connectivity index (χ0v) is 17.5. The van der Waals surface area contributed by atoms with Gasteiger partial charge in [-0.05, 0) is 49.2 Å². The van der Waals surface area contributed by atoms with Crippen LogP contribution in [-0.2, 0) is 14.4 Å². The molecule has 0 radical (unpaired) electrons. The third kappa shape index (κ3) is 4.53. The van der Waals surface area contributed by atoms with Gasteiger partial charge in [0.1, 0.15) is 6.54 Å². The van der Waals surface area contributed by atoms with Crippen LogP contribution < -0.4 is 19.7 Å². The Morgan fingerprint density at radius 1 is 0.933 bits per heavy atom. The average molecular weight is 411 g/mol. The molecule has 30 heavy (non-hydrogen) atoms. The SMILES string of the molecule is COc1ccc(NC(=O)CN2CCN(c3cc(C)cc(C)c3)C(=O)C2=O)cc1OC. The number of hydrogen-bond acceptors (Lipinski definition) is 5. The highest BCUT2D eigenvalue weighted by Gasteiger charge is 2.34. The second-order valence-corrected chi connectivity index (χ2v) is 7.15. The van der Waals surface area contributed by atoms with Crippen molar-refractivity contribution < 1.29 is 23.9 Å². The number of aryl methyl sites for hydroxylation is 2. The molecule has 1 aliphatic rings. The van der Waals surface area contributed by atoms with E-state index in [2.05, 4.69) is 5.32 Å². The first-order chi connectivity index (χ1) is 14.3. The van der Waals surface area contributed by atoms with E-state index in [1.165, 1.54) is 24.0 Å². The number of piperazine rings is 1. The van der Waals surface area contributed by atoms with Gasteiger partial charge in [-0.1, -0.05) is 6.07 Å². The van der Waals surface area contributed by atoms with E-state index < -0.39 is 17.7 Å². The Bertz CT molecular complexity index is 968. The predicted octanol–water partition coefficient (Wildman–Crippen LogP) is 2.13. The van der Waals surface area contributed by atoms with Gasteiger partial charge in [-0.25, -0.2) is 0 Å². The van der Waals surface area contributed by atoms with Crippen LogP contribution in [-0.4, -0.2) is 56.5 Å². The summed E-state index contributed by atoms with van der Waals surface area (Å²) >= 11 is 0. The number of anilines is 2. The molecule has 1 saturated heterocycles.